The third-order valence-corrected chi connectivity index (χ3v) is 3.28. The van der Waals surface area contributed by atoms with Crippen LogP contribution in [0.25, 0.3) is 5.69 Å². The number of hydrogen-bond donors (Lipinski definition) is 1. The Morgan fingerprint density at radius 1 is 1.23 bits per heavy atom. The van der Waals surface area contributed by atoms with Gasteiger partial charge in [-0.05, 0) is 36.3 Å². The summed E-state index contributed by atoms with van der Waals surface area (Å²) < 4.78 is 20.5. The standard InChI is InChI=1S/C19H13FN4O2/c20-16-9-14(12-21)10-18(11-16)24-13-15(19(23-24)26-8-7-25)4-5-17-3-1-2-6-22-17/h1-3,6,9-11,13,25H,7-8H2. The average molecular weight is 348 g/mol. The van der Waals surface area contributed by atoms with Gasteiger partial charge >= 0.3 is 0 Å². The van der Waals surface area contributed by atoms with E-state index in [0.717, 1.165) is 6.07 Å². The first-order valence-corrected chi connectivity index (χ1v) is 7.67. The number of aromatic nitrogens is 3. The van der Waals surface area contributed by atoms with Crippen molar-refractivity contribution < 1.29 is 14.2 Å². The number of ether oxygens (including phenoxy) is 1. The number of halogens is 1. The molecule has 6 nitrogen and oxygen atoms in total. The lowest BCUT2D eigenvalue weighted by Crippen LogP contribution is -2.04. The van der Waals surface area contributed by atoms with Crippen molar-refractivity contribution in [2.45, 2.75) is 0 Å². The van der Waals surface area contributed by atoms with Gasteiger partial charge in [-0.1, -0.05) is 12.0 Å². The molecule has 2 heterocycles. The van der Waals surface area contributed by atoms with Crippen LogP contribution in [0.1, 0.15) is 16.8 Å². The summed E-state index contributed by atoms with van der Waals surface area (Å²) in [5.74, 6) is 5.46. The van der Waals surface area contributed by atoms with Crippen LogP contribution >= 0.6 is 0 Å². The summed E-state index contributed by atoms with van der Waals surface area (Å²) in [6, 6.07) is 11.2. The van der Waals surface area contributed by atoms with E-state index < -0.39 is 5.82 Å². The van der Waals surface area contributed by atoms with Crippen LogP contribution in [0.3, 0.4) is 0 Å². The molecule has 0 aliphatic heterocycles. The van der Waals surface area contributed by atoms with E-state index in [1.54, 1.807) is 24.5 Å². The second kappa shape index (κ2) is 7.93. The summed E-state index contributed by atoms with van der Waals surface area (Å²) in [5, 5.41) is 22.2. The Labute approximate surface area is 149 Å². The monoisotopic (exact) mass is 348 g/mol. The lowest BCUT2D eigenvalue weighted by Gasteiger charge is -2.02. The van der Waals surface area contributed by atoms with Crippen LogP contribution in [0.5, 0.6) is 5.88 Å². The predicted octanol–water partition coefficient (Wildman–Crippen LogP) is 2.05. The van der Waals surface area contributed by atoms with E-state index >= 15 is 0 Å². The number of rotatable bonds is 4. The van der Waals surface area contributed by atoms with E-state index in [1.165, 1.54) is 16.8 Å². The summed E-state index contributed by atoms with van der Waals surface area (Å²) >= 11 is 0. The van der Waals surface area contributed by atoms with Crippen LogP contribution in [-0.2, 0) is 0 Å². The Morgan fingerprint density at radius 3 is 2.85 bits per heavy atom. The first-order chi connectivity index (χ1) is 12.7. The van der Waals surface area contributed by atoms with Crippen molar-refractivity contribution in [3.63, 3.8) is 0 Å². The van der Waals surface area contributed by atoms with E-state index in [-0.39, 0.29) is 24.7 Å². The van der Waals surface area contributed by atoms with Crippen molar-refractivity contribution in [3.8, 4) is 29.5 Å². The summed E-state index contributed by atoms with van der Waals surface area (Å²) in [4.78, 5) is 4.12. The number of pyridine rings is 1. The molecule has 0 bridgehead atoms. The van der Waals surface area contributed by atoms with Crippen LogP contribution in [0.15, 0.2) is 48.8 Å². The van der Waals surface area contributed by atoms with Crippen molar-refractivity contribution in [2.24, 2.45) is 0 Å². The van der Waals surface area contributed by atoms with Gasteiger partial charge in [0.25, 0.3) is 0 Å². The molecule has 0 fully saturated rings. The third-order valence-electron chi connectivity index (χ3n) is 3.28. The number of aliphatic hydroxyl groups excluding tert-OH is 1. The quantitative estimate of drug-likeness (QED) is 0.730. The van der Waals surface area contributed by atoms with Crippen LogP contribution in [0, 0.1) is 29.0 Å². The van der Waals surface area contributed by atoms with Gasteiger partial charge in [-0.2, -0.15) is 5.26 Å². The van der Waals surface area contributed by atoms with Gasteiger partial charge in [0, 0.05) is 6.20 Å². The summed E-state index contributed by atoms with van der Waals surface area (Å²) in [7, 11) is 0. The van der Waals surface area contributed by atoms with Gasteiger partial charge in [0.1, 0.15) is 23.7 Å². The minimum absolute atomic E-state index is 0.0435. The molecular weight excluding hydrogens is 335 g/mol. The fourth-order valence-electron chi connectivity index (χ4n) is 2.16. The lowest BCUT2D eigenvalue weighted by molar-refractivity contribution is 0.196. The molecule has 0 aliphatic rings. The van der Waals surface area contributed by atoms with Gasteiger partial charge in [-0.25, -0.2) is 14.1 Å². The number of aliphatic hydroxyl groups is 1. The second-order valence-electron chi connectivity index (χ2n) is 5.14. The molecule has 3 aromatic rings. The summed E-state index contributed by atoms with van der Waals surface area (Å²) in [6.07, 6.45) is 3.20. The number of nitrogens with zero attached hydrogens (tertiary/aromatic N) is 4. The molecule has 1 N–H and O–H groups in total. The summed E-state index contributed by atoms with van der Waals surface area (Å²) in [6.45, 7) is -0.139. The zero-order valence-corrected chi connectivity index (χ0v) is 13.6. The first-order valence-electron chi connectivity index (χ1n) is 7.67. The molecule has 0 saturated heterocycles. The van der Waals surface area contributed by atoms with Crippen LogP contribution < -0.4 is 4.74 Å². The zero-order chi connectivity index (χ0) is 18.4. The molecule has 0 radical (unpaired) electrons. The van der Waals surface area contributed by atoms with E-state index in [2.05, 4.69) is 21.9 Å². The third kappa shape index (κ3) is 4.04. The maximum atomic E-state index is 13.7. The molecule has 0 aliphatic carbocycles. The molecule has 0 amide bonds. The fourth-order valence-corrected chi connectivity index (χ4v) is 2.16. The first kappa shape index (κ1) is 17.2. The normalized spacial score (nSPS) is 9.88. The SMILES string of the molecule is N#Cc1cc(F)cc(-n2cc(C#Cc3ccccn3)c(OCCO)n2)c1. The van der Waals surface area contributed by atoms with Crippen LogP contribution in [0.2, 0.25) is 0 Å². The molecule has 0 unspecified atom stereocenters. The smallest absolute Gasteiger partial charge is 0.249 e. The van der Waals surface area contributed by atoms with Crippen LogP contribution in [0.4, 0.5) is 4.39 Å². The Bertz CT molecular complexity index is 1010. The number of nitriles is 1. The van der Waals surface area contributed by atoms with Crippen molar-refractivity contribution in [1.29, 1.82) is 5.26 Å². The van der Waals surface area contributed by atoms with Gasteiger partial charge in [0.15, 0.2) is 0 Å². The Morgan fingerprint density at radius 2 is 2.12 bits per heavy atom. The van der Waals surface area contributed by atoms with E-state index in [0.29, 0.717) is 16.9 Å². The summed E-state index contributed by atoms with van der Waals surface area (Å²) in [5.41, 5.74) is 1.56. The maximum Gasteiger partial charge on any atom is 0.249 e. The van der Waals surface area contributed by atoms with Gasteiger partial charge in [0.2, 0.25) is 5.88 Å². The average Bonchev–Trinajstić information content (AvgIpc) is 3.08. The molecule has 3 rings (SSSR count). The largest absolute Gasteiger partial charge is 0.473 e. The predicted molar refractivity (Wildman–Crippen MR) is 91.0 cm³/mol. The molecule has 2 aromatic heterocycles. The fraction of sp³-hybridized carbons (Fsp3) is 0.105. The number of hydrogen-bond acceptors (Lipinski definition) is 5. The highest BCUT2D eigenvalue weighted by Gasteiger charge is 2.11. The van der Waals surface area contributed by atoms with E-state index in [9.17, 15) is 4.39 Å². The molecule has 0 atom stereocenters. The molecule has 1 aromatic carbocycles. The molecule has 128 valence electrons. The Balaban J connectivity index is 2.01. The van der Waals surface area contributed by atoms with Gasteiger partial charge in [-0.15, -0.1) is 5.10 Å². The van der Waals surface area contributed by atoms with Crippen molar-refractivity contribution in [1.82, 2.24) is 14.8 Å². The highest BCUT2D eigenvalue weighted by atomic mass is 19.1. The zero-order valence-electron chi connectivity index (χ0n) is 13.6. The molecule has 0 spiro atoms. The van der Waals surface area contributed by atoms with E-state index in [4.69, 9.17) is 15.1 Å². The minimum Gasteiger partial charge on any atom is -0.473 e. The second-order valence-corrected chi connectivity index (χ2v) is 5.14. The minimum atomic E-state index is -0.548. The van der Waals surface area contributed by atoms with Crippen molar-refractivity contribution in [3.05, 3.63) is 71.4 Å². The lowest BCUT2D eigenvalue weighted by atomic mass is 10.2. The topological polar surface area (TPSA) is 84.0 Å². The highest BCUT2D eigenvalue weighted by Crippen LogP contribution is 2.20. The van der Waals surface area contributed by atoms with Crippen molar-refractivity contribution >= 4 is 0 Å². The molecule has 0 saturated carbocycles. The number of benzene rings is 1. The highest BCUT2D eigenvalue weighted by molar-refractivity contribution is 5.48. The van der Waals surface area contributed by atoms with Gasteiger partial charge < -0.3 is 9.84 Å². The van der Waals surface area contributed by atoms with Crippen molar-refractivity contribution in [2.75, 3.05) is 13.2 Å². The molecule has 26 heavy (non-hydrogen) atoms. The molecular formula is C19H13FN4O2. The Kier molecular flexibility index (Phi) is 5.23. The van der Waals surface area contributed by atoms with Gasteiger partial charge in [0.05, 0.1) is 30.1 Å². The molecule has 7 heteroatoms. The Hall–Kier alpha value is -3.68. The van der Waals surface area contributed by atoms with E-state index in [1.807, 2.05) is 12.1 Å². The van der Waals surface area contributed by atoms with Crippen LogP contribution in [-0.4, -0.2) is 33.1 Å². The van der Waals surface area contributed by atoms with Gasteiger partial charge in [-0.3, -0.25) is 0 Å². The maximum absolute atomic E-state index is 13.7.